The van der Waals surface area contributed by atoms with Crippen LogP contribution in [0, 0.1) is 11.3 Å². The van der Waals surface area contributed by atoms with Gasteiger partial charge < -0.3 is 19.8 Å². The number of imidazole rings is 1. The van der Waals surface area contributed by atoms with Gasteiger partial charge in [0.1, 0.15) is 5.65 Å². The summed E-state index contributed by atoms with van der Waals surface area (Å²) in [5.74, 6) is 1.35. The molecule has 28 heavy (non-hydrogen) atoms. The van der Waals surface area contributed by atoms with Crippen LogP contribution >= 0.6 is 0 Å². The number of nitrogens with zero attached hydrogens (tertiary/aromatic N) is 3. The fourth-order valence-electron chi connectivity index (χ4n) is 3.95. The molecule has 2 N–H and O–H groups in total. The summed E-state index contributed by atoms with van der Waals surface area (Å²) in [5.41, 5.74) is 2.22. The maximum atomic E-state index is 6.09. The SMILES string of the molecule is CCNC(=NCC1CCCOC1C(C)(C)C)NCCc1cn2ccccc2n1. The Morgan fingerprint density at radius 2 is 2.18 bits per heavy atom. The van der Waals surface area contributed by atoms with Gasteiger partial charge >= 0.3 is 0 Å². The molecule has 0 aliphatic carbocycles. The number of aromatic nitrogens is 2. The van der Waals surface area contributed by atoms with E-state index in [0.717, 1.165) is 56.4 Å². The predicted molar refractivity (Wildman–Crippen MR) is 115 cm³/mol. The molecule has 0 radical (unpaired) electrons. The van der Waals surface area contributed by atoms with Crippen LogP contribution in [0.4, 0.5) is 0 Å². The van der Waals surface area contributed by atoms with E-state index in [2.05, 4.69) is 53.9 Å². The molecule has 0 bridgehead atoms. The highest BCUT2D eigenvalue weighted by Gasteiger charge is 2.35. The number of fused-ring (bicyclic) bond motifs is 1. The molecular weight excluding hydrogens is 350 g/mol. The Morgan fingerprint density at radius 1 is 1.32 bits per heavy atom. The van der Waals surface area contributed by atoms with Crippen molar-refractivity contribution in [3.05, 3.63) is 36.3 Å². The molecular formula is C22H35N5O. The first kappa shape index (κ1) is 20.6. The van der Waals surface area contributed by atoms with Gasteiger partial charge in [-0.15, -0.1) is 0 Å². The Hall–Kier alpha value is -2.08. The van der Waals surface area contributed by atoms with Gasteiger partial charge in [-0.1, -0.05) is 26.8 Å². The first-order valence-corrected chi connectivity index (χ1v) is 10.5. The highest BCUT2D eigenvalue weighted by Crippen LogP contribution is 2.34. The molecule has 0 aromatic carbocycles. The summed E-state index contributed by atoms with van der Waals surface area (Å²) in [6.07, 6.45) is 7.57. The lowest BCUT2D eigenvalue weighted by molar-refractivity contribution is -0.0823. The number of hydrogen-bond acceptors (Lipinski definition) is 3. The van der Waals surface area contributed by atoms with Gasteiger partial charge in [-0.05, 0) is 37.3 Å². The molecule has 2 unspecified atom stereocenters. The van der Waals surface area contributed by atoms with Crippen molar-refractivity contribution in [3.63, 3.8) is 0 Å². The van der Waals surface area contributed by atoms with Gasteiger partial charge in [0, 0.05) is 51.0 Å². The smallest absolute Gasteiger partial charge is 0.191 e. The lowest BCUT2D eigenvalue weighted by atomic mass is 9.78. The van der Waals surface area contributed by atoms with Crippen LogP contribution in [-0.2, 0) is 11.2 Å². The number of hydrogen-bond donors (Lipinski definition) is 2. The normalized spacial score (nSPS) is 21.1. The van der Waals surface area contributed by atoms with E-state index in [1.807, 2.05) is 24.4 Å². The summed E-state index contributed by atoms with van der Waals surface area (Å²) in [4.78, 5) is 9.52. The third-order valence-electron chi connectivity index (χ3n) is 5.21. The van der Waals surface area contributed by atoms with Gasteiger partial charge in [0.05, 0.1) is 11.8 Å². The van der Waals surface area contributed by atoms with Crippen LogP contribution in [0.25, 0.3) is 5.65 Å². The maximum Gasteiger partial charge on any atom is 0.191 e. The summed E-state index contributed by atoms with van der Waals surface area (Å²) < 4.78 is 8.15. The molecule has 2 aromatic heterocycles. The van der Waals surface area contributed by atoms with Crippen LogP contribution in [0.3, 0.4) is 0 Å². The fourth-order valence-corrected chi connectivity index (χ4v) is 3.95. The molecule has 2 aromatic rings. The minimum atomic E-state index is 0.148. The highest BCUT2D eigenvalue weighted by atomic mass is 16.5. The van der Waals surface area contributed by atoms with Crippen molar-refractivity contribution >= 4 is 11.6 Å². The highest BCUT2D eigenvalue weighted by molar-refractivity contribution is 5.79. The van der Waals surface area contributed by atoms with E-state index in [1.54, 1.807) is 0 Å². The molecule has 0 saturated carbocycles. The van der Waals surface area contributed by atoms with Crippen molar-refractivity contribution in [3.8, 4) is 0 Å². The van der Waals surface area contributed by atoms with E-state index in [0.29, 0.717) is 5.92 Å². The second-order valence-corrected chi connectivity index (χ2v) is 8.65. The standard InChI is InChI=1S/C22H35N5O/c1-5-23-21(25-15-17-9-8-14-28-20(17)22(2,3)4)24-12-11-18-16-27-13-7-6-10-19(27)26-18/h6-7,10,13,16-17,20H,5,8-9,11-12,14-15H2,1-4H3,(H2,23,24,25). The molecule has 0 spiro atoms. The molecule has 0 amide bonds. The zero-order valence-electron chi connectivity index (χ0n) is 17.7. The lowest BCUT2D eigenvalue weighted by Gasteiger charge is -2.39. The van der Waals surface area contributed by atoms with Crippen LogP contribution in [-0.4, -0.2) is 47.7 Å². The van der Waals surface area contributed by atoms with Crippen LogP contribution < -0.4 is 10.6 Å². The van der Waals surface area contributed by atoms with E-state index in [-0.39, 0.29) is 11.5 Å². The number of ether oxygens (including phenoxy) is 1. The zero-order chi connectivity index (χ0) is 20.0. The molecule has 1 saturated heterocycles. The topological polar surface area (TPSA) is 63.0 Å². The molecule has 2 atom stereocenters. The average Bonchev–Trinajstić information content (AvgIpc) is 3.08. The van der Waals surface area contributed by atoms with Crippen molar-refractivity contribution in [1.82, 2.24) is 20.0 Å². The van der Waals surface area contributed by atoms with Crippen molar-refractivity contribution in [2.45, 2.75) is 53.1 Å². The summed E-state index contributed by atoms with van der Waals surface area (Å²) in [7, 11) is 0. The first-order chi connectivity index (χ1) is 13.5. The van der Waals surface area contributed by atoms with Gasteiger partial charge in [-0.2, -0.15) is 0 Å². The van der Waals surface area contributed by atoms with Gasteiger partial charge in [0.15, 0.2) is 5.96 Å². The second-order valence-electron chi connectivity index (χ2n) is 8.65. The van der Waals surface area contributed by atoms with E-state index in [9.17, 15) is 0 Å². The third kappa shape index (κ3) is 5.47. The van der Waals surface area contributed by atoms with Crippen LogP contribution in [0.1, 0.15) is 46.2 Å². The van der Waals surface area contributed by atoms with E-state index < -0.39 is 0 Å². The summed E-state index contributed by atoms with van der Waals surface area (Å²) in [6.45, 7) is 12.2. The van der Waals surface area contributed by atoms with Gasteiger partial charge in [-0.25, -0.2) is 4.98 Å². The molecule has 1 fully saturated rings. The van der Waals surface area contributed by atoms with Crippen molar-refractivity contribution in [2.75, 3.05) is 26.2 Å². The largest absolute Gasteiger partial charge is 0.377 e. The first-order valence-electron chi connectivity index (χ1n) is 10.5. The predicted octanol–water partition coefficient (Wildman–Crippen LogP) is 3.27. The van der Waals surface area contributed by atoms with Crippen LogP contribution in [0.5, 0.6) is 0 Å². The van der Waals surface area contributed by atoms with Crippen molar-refractivity contribution in [2.24, 2.45) is 16.3 Å². The summed E-state index contributed by atoms with van der Waals surface area (Å²) in [6, 6.07) is 6.06. The van der Waals surface area contributed by atoms with E-state index in [4.69, 9.17) is 9.73 Å². The van der Waals surface area contributed by atoms with Crippen molar-refractivity contribution in [1.29, 1.82) is 0 Å². The average molecular weight is 386 g/mol. The Balaban J connectivity index is 1.56. The van der Waals surface area contributed by atoms with E-state index in [1.165, 1.54) is 6.42 Å². The monoisotopic (exact) mass is 385 g/mol. The van der Waals surface area contributed by atoms with Crippen molar-refractivity contribution < 1.29 is 4.74 Å². The molecule has 1 aliphatic heterocycles. The number of aliphatic imine (C=N–C) groups is 1. The fraction of sp³-hybridized carbons (Fsp3) is 0.636. The Kier molecular flexibility index (Phi) is 6.94. The maximum absolute atomic E-state index is 6.09. The number of nitrogens with one attached hydrogen (secondary N) is 2. The molecule has 3 rings (SSSR count). The van der Waals surface area contributed by atoms with Gasteiger partial charge in [-0.3, -0.25) is 4.99 Å². The quantitative estimate of drug-likeness (QED) is 0.592. The molecule has 6 nitrogen and oxygen atoms in total. The minimum absolute atomic E-state index is 0.148. The molecule has 1 aliphatic rings. The summed E-state index contributed by atoms with van der Waals surface area (Å²) in [5, 5.41) is 6.82. The lowest BCUT2D eigenvalue weighted by Crippen LogP contribution is -2.43. The summed E-state index contributed by atoms with van der Waals surface area (Å²) >= 11 is 0. The van der Waals surface area contributed by atoms with Crippen LogP contribution in [0.2, 0.25) is 0 Å². The minimum Gasteiger partial charge on any atom is -0.377 e. The molecule has 6 heteroatoms. The third-order valence-corrected chi connectivity index (χ3v) is 5.21. The van der Waals surface area contributed by atoms with Crippen LogP contribution in [0.15, 0.2) is 35.6 Å². The van der Waals surface area contributed by atoms with Gasteiger partial charge in [0.2, 0.25) is 0 Å². The number of rotatable bonds is 6. The zero-order valence-corrected chi connectivity index (χ0v) is 17.7. The Labute approximate surface area is 168 Å². The molecule has 154 valence electrons. The number of guanidine groups is 1. The van der Waals surface area contributed by atoms with Gasteiger partial charge in [0.25, 0.3) is 0 Å². The second kappa shape index (κ2) is 9.41. The molecule has 3 heterocycles. The Morgan fingerprint density at radius 3 is 2.93 bits per heavy atom. The number of pyridine rings is 1. The Bertz CT molecular complexity index is 744. The van der Waals surface area contributed by atoms with E-state index >= 15 is 0 Å².